The quantitative estimate of drug-likeness (QED) is 0.0848. The third-order valence-electron chi connectivity index (χ3n) is 3.71. The van der Waals surface area contributed by atoms with E-state index in [1.165, 1.54) is 30.9 Å². The SMILES string of the molecule is CC.CC(C)CC(C)(C)Pc1ccc(N(C)C)cc1.COC(=O)/C=C\C=O.C[CH-]CC.[CH3-].[Pd+2]. The average molecular weight is 574 g/mol. The third-order valence-corrected chi connectivity index (χ3v) is 5.21. The Morgan fingerprint density at radius 2 is 1.64 bits per heavy atom. The van der Waals surface area contributed by atoms with Crippen LogP contribution in [0.5, 0.6) is 0 Å². The van der Waals surface area contributed by atoms with E-state index in [-0.39, 0.29) is 27.8 Å². The second kappa shape index (κ2) is 27.2. The summed E-state index contributed by atoms with van der Waals surface area (Å²) in [5, 5.41) is 1.90. The molecular formula is C27H50NO3PPd. The second-order valence-corrected chi connectivity index (χ2v) is 10.1. The molecule has 0 N–H and O–H groups in total. The van der Waals surface area contributed by atoms with Crippen LogP contribution in [0, 0.1) is 19.8 Å². The zero-order valence-electron chi connectivity index (χ0n) is 23.1. The predicted octanol–water partition coefficient (Wildman–Crippen LogP) is 6.89. The van der Waals surface area contributed by atoms with Gasteiger partial charge in [-0.25, -0.2) is 4.79 Å². The molecule has 0 spiro atoms. The number of unbranched alkanes of at least 4 members (excludes halogenated alkanes) is 1. The van der Waals surface area contributed by atoms with Gasteiger partial charge in [-0.1, -0.05) is 69.2 Å². The maximum Gasteiger partial charge on any atom is 2.00 e. The van der Waals surface area contributed by atoms with E-state index in [0.717, 1.165) is 26.7 Å². The van der Waals surface area contributed by atoms with Crippen LogP contribution in [0.15, 0.2) is 36.4 Å². The Bertz CT molecular complexity index is 584. The standard InChI is InChI=1S/C15H26NP.C5H6O3.C4H9.C2H6.CH3.Pd/c1-12(2)11-15(3,4)17-14-9-7-13(8-10-14)16(5)6;1-8-5(7)3-2-4-6;1-3-4-2;1-2;;/h7-10,12,17H,11H2,1-6H3;2-4H,1H3;3H,4H2,1-2H3;1-2H3;1H3;/q;;-1;;-1;+2/b;3-2-;;;;. The number of rotatable bonds is 8. The van der Waals surface area contributed by atoms with E-state index in [2.05, 4.69) is 96.0 Å². The Kier molecular flexibility index (Phi) is 34.8. The minimum Gasteiger partial charge on any atom is -0.466 e. The minimum atomic E-state index is -0.517. The van der Waals surface area contributed by atoms with E-state index in [9.17, 15) is 9.59 Å². The number of hydrogen-bond acceptors (Lipinski definition) is 4. The molecule has 1 atom stereocenters. The summed E-state index contributed by atoms with van der Waals surface area (Å²) in [6.45, 7) is 17.6. The van der Waals surface area contributed by atoms with Crippen LogP contribution in [0.3, 0.4) is 0 Å². The van der Waals surface area contributed by atoms with Gasteiger partial charge in [-0.2, -0.15) is 13.3 Å². The van der Waals surface area contributed by atoms with Gasteiger partial charge in [0.05, 0.1) is 7.11 Å². The molecule has 0 fully saturated rings. The Labute approximate surface area is 221 Å². The summed E-state index contributed by atoms with van der Waals surface area (Å²) < 4.78 is 4.17. The van der Waals surface area contributed by atoms with Crippen molar-refractivity contribution < 1.29 is 34.7 Å². The predicted molar refractivity (Wildman–Crippen MR) is 147 cm³/mol. The van der Waals surface area contributed by atoms with Crippen LogP contribution >= 0.6 is 8.58 Å². The van der Waals surface area contributed by atoms with Gasteiger partial charge in [-0.15, -0.1) is 0 Å². The molecule has 0 saturated heterocycles. The zero-order chi connectivity index (χ0) is 24.9. The van der Waals surface area contributed by atoms with E-state index in [1.54, 1.807) is 0 Å². The van der Waals surface area contributed by atoms with Gasteiger partial charge in [0.25, 0.3) is 0 Å². The number of carbonyl (C=O) groups is 2. The average Bonchev–Trinajstić information content (AvgIpc) is 2.73. The molecule has 0 aliphatic carbocycles. The van der Waals surface area contributed by atoms with Gasteiger partial charge in [-0.05, 0) is 41.0 Å². The first-order valence-corrected chi connectivity index (χ1v) is 12.1. The fourth-order valence-electron chi connectivity index (χ4n) is 2.49. The van der Waals surface area contributed by atoms with Gasteiger partial charge in [0.2, 0.25) is 0 Å². The first-order valence-electron chi connectivity index (χ1n) is 11.1. The molecule has 0 aliphatic heterocycles. The molecular weight excluding hydrogens is 524 g/mol. The summed E-state index contributed by atoms with van der Waals surface area (Å²) in [5.41, 5.74) is 1.28. The Morgan fingerprint density at radius 1 is 1.18 bits per heavy atom. The normalized spacial score (nSPS) is 9.82. The van der Waals surface area contributed by atoms with Crippen molar-refractivity contribution in [2.24, 2.45) is 5.92 Å². The molecule has 0 aromatic heterocycles. The summed E-state index contributed by atoms with van der Waals surface area (Å²) in [4.78, 5) is 21.8. The third kappa shape index (κ3) is 29.0. The maximum absolute atomic E-state index is 10.1. The van der Waals surface area contributed by atoms with Crippen LogP contribution in [0.4, 0.5) is 5.69 Å². The van der Waals surface area contributed by atoms with Crippen LogP contribution in [-0.2, 0) is 34.7 Å². The Balaban J connectivity index is -0.000000138. The Morgan fingerprint density at radius 3 is 1.94 bits per heavy atom. The molecule has 0 radical (unpaired) electrons. The summed E-state index contributed by atoms with van der Waals surface area (Å²) in [6.07, 6.45) is 7.25. The van der Waals surface area contributed by atoms with Crippen LogP contribution in [0.2, 0.25) is 0 Å². The molecule has 0 bridgehead atoms. The number of allylic oxidation sites excluding steroid dienone is 1. The molecule has 0 saturated carbocycles. The van der Waals surface area contributed by atoms with E-state index in [4.69, 9.17) is 0 Å². The zero-order valence-corrected chi connectivity index (χ0v) is 25.7. The van der Waals surface area contributed by atoms with Crippen LogP contribution < -0.4 is 10.2 Å². The first kappa shape index (κ1) is 42.2. The second-order valence-electron chi connectivity index (χ2n) is 7.88. The maximum atomic E-state index is 10.1. The van der Waals surface area contributed by atoms with Crippen LogP contribution in [0.25, 0.3) is 0 Å². The fraction of sp³-hybridized carbons (Fsp3) is 0.556. The number of aldehydes is 1. The molecule has 0 aliphatic rings. The van der Waals surface area contributed by atoms with Crippen molar-refractivity contribution in [3.63, 3.8) is 0 Å². The molecule has 1 aromatic carbocycles. The summed E-state index contributed by atoms with van der Waals surface area (Å²) >= 11 is 0. The van der Waals surface area contributed by atoms with Crippen LogP contribution in [-0.4, -0.2) is 38.6 Å². The summed E-state index contributed by atoms with van der Waals surface area (Å²) in [7, 11) is 6.31. The molecule has 196 valence electrons. The van der Waals surface area contributed by atoms with Gasteiger partial charge in [0.15, 0.2) is 0 Å². The molecule has 1 rings (SSSR count). The van der Waals surface area contributed by atoms with Gasteiger partial charge in [-0.3, -0.25) is 4.79 Å². The van der Waals surface area contributed by atoms with Gasteiger partial charge in [0.1, 0.15) is 6.29 Å². The van der Waals surface area contributed by atoms with Crippen LogP contribution in [0.1, 0.15) is 68.2 Å². The molecule has 1 aromatic rings. The molecule has 1 unspecified atom stereocenters. The number of carbonyl (C=O) groups excluding carboxylic acids is 2. The van der Waals surface area contributed by atoms with Crippen molar-refractivity contribution in [3.05, 3.63) is 50.3 Å². The fourth-order valence-corrected chi connectivity index (χ4v) is 4.12. The molecule has 0 heterocycles. The smallest absolute Gasteiger partial charge is 0.466 e. The van der Waals surface area contributed by atoms with Gasteiger partial charge < -0.3 is 23.5 Å². The largest absolute Gasteiger partial charge is 2.00 e. The van der Waals surface area contributed by atoms with Crippen molar-refractivity contribution >= 4 is 31.8 Å². The first-order chi connectivity index (χ1) is 14.5. The number of esters is 1. The van der Waals surface area contributed by atoms with Crippen molar-refractivity contribution in [2.45, 2.75) is 73.4 Å². The van der Waals surface area contributed by atoms with E-state index in [1.807, 2.05) is 13.8 Å². The number of benzene rings is 1. The van der Waals surface area contributed by atoms with Crippen molar-refractivity contribution in [1.29, 1.82) is 0 Å². The number of ether oxygens (including phenoxy) is 1. The van der Waals surface area contributed by atoms with Gasteiger partial charge in [0, 0.05) is 25.9 Å². The topological polar surface area (TPSA) is 46.6 Å². The monoisotopic (exact) mass is 573 g/mol. The summed E-state index contributed by atoms with van der Waals surface area (Å²) in [6, 6.07) is 8.98. The van der Waals surface area contributed by atoms with Crippen molar-refractivity contribution in [2.75, 3.05) is 26.1 Å². The number of anilines is 1. The van der Waals surface area contributed by atoms with E-state index >= 15 is 0 Å². The molecule has 0 amide bonds. The van der Waals surface area contributed by atoms with E-state index < -0.39 is 5.97 Å². The van der Waals surface area contributed by atoms with E-state index in [0.29, 0.717) is 11.4 Å². The van der Waals surface area contributed by atoms with Gasteiger partial charge >= 0.3 is 26.4 Å². The summed E-state index contributed by atoms with van der Waals surface area (Å²) in [5.74, 6) is 0.260. The Hall–Kier alpha value is -1.01. The van der Waals surface area contributed by atoms with Crippen molar-refractivity contribution in [3.8, 4) is 0 Å². The minimum absolute atomic E-state index is 0. The molecule has 6 heteroatoms. The van der Waals surface area contributed by atoms with Crippen molar-refractivity contribution in [1.82, 2.24) is 0 Å². The number of methoxy groups -OCH3 is 1. The molecule has 4 nitrogen and oxygen atoms in total. The number of nitrogens with zero attached hydrogens (tertiary/aromatic N) is 1. The number of hydrogen-bond donors (Lipinski definition) is 0. The molecule has 33 heavy (non-hydrogen) atoms.